The smallest absolute Gasteiger partial charge is 0.273 e. The van der Waals surface area contributed by atoms with E-state index in [2.05, 4.69) is 20.0 Å². The summed E-state index contributed by atoms with van der Waals surface area (Å²) in [7, 11) is 0. The summed E-state index contributed by atoms with van der Waals surface area (Å²) in [6, 6.07) is 6.67. The third kappa shape index (κ3) is 3.51. The largest absolute Gasteiger partial charge is 0.352 e. The molecule has 0 bridgehead atoms. The van der Waals surface area contributed by atoms with Crippen LogP contribution in [0.1, 0.15) is 6.42 Å². The van der Waals surface area contributed by atoms with Crippen molar-refractivity contribution in [1.29, 1.82) is 0 Å². The number of benzene rings is 1. The van der Waals surface area contributed by atoms with Gasteiger partial charge in [0.25, 0.3) is 11.1 Å². The van der Waals surface area contributed by atoms with Crippen LogP contribution in [0.3, 0.4) is 0 Å². The lowest BCUT2D eigenvalue weighted by atomic mass is 10.2. The van der Waals surface area contributed by atoms with E-state index in [1.165, 1.54) is 4.68 Å². The van der Waals surface area contributed by atoms with Crippen molar-refractivity contribution in [2.24, 2.45) is 0 Å². The number of aromatic amines is 1. The average Bonchev–Trinajstić information content (AvgIpc) is 2.76. The first-order valence-electron chi connectivity index (χ1n) is 9.14. The van der Waals surface area contributed by atoms with Gasteiger partial charge in [0.15, 0.2) is 0 Å². The highest BCUT2D eigenvalue weighted by Crippen LogP contribution is 2.12. The number of carbonyl (C=O) groups is 1. The molecule has 0 atom stereocenters. The molecule has 144 valence electrons. The van der Waals surface area contributed by atoms with Crippen LogP contribution in [0.4, 0.5) is 5.82 Å². The van der Waals surface area contributed by atoms with Crippen LogP contribution in [-0.2, 0) is 11.3 Å². The van der Waals surface area contributed by atoms with Crippen LogP contribution in [0, 0.1) is 0 Å². The molecular formula is C19H20N6O3. The standard InChI is InChI=1S/C19H20N6O3/c26-17(24-11-9-23(10-12-24)16-13-20-6-7-21-16)5-8-25-19(28)15-4-2-1-3-14(15)18(27)22-25/h1-4,6-7,13H,5,8-12H2,(H,22,27). The Labute approximate surface area is 160 Å². The molecule has 3 heterocycles. The summed E-state index contributed by atoms with van der Waals surface area (Å²) in [5.74, 6) is 0.759. The van der Waals surface area contributed by atoms with Gasteiger partial charge < -0.3 is 9.80 Å². The minimum absolute atomic E-state index is 0.0419. The second-order valence-electron chi connectivity index (χ2n) is 6.62. The predicted octanol–water partition coefficient (Wildman–Crippen LogP) is 0.219. The molecule has 1 fully saturated rings. The number of amides is 1. The highest BCUT2D eigenvalue weighted by molar-refractivity contribution is 5.80. The number of fused-ring (bicyclic) bond motifs is 1. The number of anilines is 1. The van der Waals surface area contributed by atoms with Crippen molar-refractivity contribution in [3.8, 4) is 0 Å². The molecule has 9 nitrogen and oxygen atoms in total. The third-order valence-electron chi connectivity index (χ3n) is 4.94. The Morgan fingerprint density at radius 1 is 1.04 bits per heavy atom. The second kappa shape index (κ2) is 7.63. The van der Waals surface area contributed by atoms with Gasteiger partial charge in [-0.1, -0.05) is 12.1 Å². The van der Waals surface area contributed by atoms with Crippen molar-refractivity contribution >= 4 is 22.5 Å². The van der Waals surface area contributed by atoms with E-state index < -0.39 is 0 Å². The van der Waals surface area contributed by atoms with E-state index in [1.807, 2.05) is 0 Å². The molecule has 0 spiro atoms. The summed E-state index contributed by atoms with van der Waals surface area (Å²) in [4.78, 5) is 49.4. The van der Waals surface area contributed by atoms with Gasteiger partial charge in [-0.05, 0) is 12.1 Å². The zero-order valence-corrected chi connectivity index (χ0v) is 15.2. The topological polar surface area (TPSA) is 104 Å². The monoisotopic (exact) mass is 380 g/mol. The van der Waals surface area contributed by atoms with Gasteiger partial charge in [-0.25, -0.2) is 9.67 Å². The normalized spacial score (nSPS) is 14.4. The zero-order chi connectivity index (χ0) is 19.5. The van der Waals surface area contributed by atoms with Crippen LogP contribution in [0.25, 0.3) is 10.8 Å². The van der Waals surface area contributed by atoms with Crippen LogP contribution in [0.15, 0.2) is 52.4 Å². The van der Waals surface area contributed by atoms with Gasteiger partial charge in [0.05, 0.1) is 23.5 Å². The molecule has 1 saturated heterocycles. The van der Waals surface area contributed by atoms with E-state index in [9.17, 15) is 14.4 Å². The Hall–Kier alpha value is -3.49. The summed E-state index contributed by atoms with van der Waals surface area (Å²) >= 11 is 0. The van der Waals surface area contributed by atoms with Gasteiger partial charge in [-0.2, -0.15) is 0 Å². The molecule has 0 radical (unpaired) electrons. The number of rotatable bonds is 4. The predicted molar refractivity (Wildman–Crippen MR) is 104 cm³/mol. The van der Waals surface area contributed by atoms with Crippen molar-refractivity contribution in [2.45, 2.75) is 13.0 Å². The molecule has 1 aliphatic heterocycles. The molecule has 0 aliphatic carbocycles. The van der Waals surface area contributed by atoms with Gasteiger partial charge in [0.1, 0.15) is 5.82 Å². The minimum Gasteiger partial charge on any atom is -0.352 e. The maximum Gasteiger partial charge on any atom is 0.273 e. The number of aromatic nitrogens is 4. The molecule has 0 unspecified atom stereocenters. The maximum atomic E-state index is 12.5. The first-order chi connectivity index (χ1) is 13.6. The minimum atomic E-state index is -0.333. The van der Waals surface area contributed by atoms with Gasteiger partial charge in [-0.3, -0.25) is 24.5 Å². The van der Waals surface area contributed by atoms with Crippen LogP contribution in [-0.4, -0.2) is 56.7 Å². The van der Waals surface area contributed by atoms with E-state index >= 15 is 0 Å². The number of piperazine rings is 1. The molecule has 1 N–H and O–H groups in total. The Morgan fingerprint density at radius 3 is 2.50 bits per heavy atom. The van der Waals surface area contributed by atoms with Crippen LogP contribution in [0.2, 0.25) is 0 Å². The molecule has 1 aliphatic rings. The van der Waals surface area contributed by atoms with Crippen LogP contribution >= 0.6 is 0 Å². The number of hydrogen-bond donors (Lipinski definition) is 1. The van der Waals surface area contributed by atoms with E-state index in [0.29, 0.717) is 37.0 Å². The fraction of sp³-hybridized carbons (Fsp3) is 0.316. The summed E-state index contributed by atoms with van der Waals surface area (Å²) in [6.45, 7) is 2.66. The van der Waals surface area contributed by atoms with Crippen molar-refractivity contribution in [1.82, 2.24) is 24.6 Å². The highest BCUT2D eigenvalue weighted by atomic mass is 16.2. The third-order valence-corrected chi connectivity index (χ3v) is 4.94. The highest BCUT2D eigenvalue weighted by Gasteiger charge is 2.22. The summed E-state index contributed by atoms with van der Waals surface area (Å²) < 4.78 is 1.22. The quantitative estimate of drug-likeness (QED) is 0.694. The fourth-order valence-electron chi connectivity index (χ4n) is 3.41. The number of carbonyl (C=O) groups excluding carboxylic acids is 1. The lowest BCUT2D eigenvalue weighted by Crippen LogP contribution is -2.49. The van der Waals surface area contributed by atoms with Gasteiger partial charge in [-0.15, -0.1) is 0 Å². The maximum absolute atomic E-state index is 12.5. The molecule has 28 heavy (non-hydrogen) atoms. The zero-order valence-electron chi connectivity index (χ0n) is 15.2. The van der Waals surface area contributed by atoms with Crippen LogP contribution in [0.5, 0.6) is 0 Å². The summed E-state index contributed by atoms with van der Waals surface area (Å²) in [6.07, 6.45) is 5.14. The first kappa shape index (κ1) is 17.9. The Kier molecular flexibility index (Phi) is 4.88. The van der Waals surface area contributed by atoms with Gasteiger partial charge in [0.2, 0.25) is 5.91 Å². The molecule has 0 saturated carbocycles. The van der Waals surface area contributed by atoms with E-state index in [1.54, 1.807) is 47.8 Å². The average molecular weight is 380 g/mol. The van der Waals surface area contributed by atoms with E-state index in [-0.39, 0.29) is 30.0 Å². The molecule has 1 amide bonds. The fourth-order valence-corrected chi connectivity index (χ4v) is 3.41. The summed E-state index contributed by atoms with van der Waals surface area (Å²) in [5, 5.41) is 3.27. The Morgan fingerprint density at radius 2 is 1.79 bits per heavy atom. The van der Waals surface area contributed by atoms with Crippen LogP contribution < -0.4 is 16.0 Å². The van der Waals surface area contributed by atoms with Crippen molar-refractivity contribution in [2.75, 3.05) is 31.1 Å². The lowest BCUT2D eigenvalue weighted by molar-refractivity contribution is -0.131. The molecular weight excluding hydrogens is 360 g/mol. The van der Waals surface area contributed by atoms with Crippen molar-refractivity contribution in [3.05, 3.63) is 63.6 Å². The molecule has 4 rings (SSSR count). The Bertz CT molecular complexity index is 1100. The summed E-state index contributed by atoms with van der Waals surface area (Å²) in [5.41, 5.74) is -0.629. The van der Waals surface area contributed by atoms with Crippen molar-refractivity contribution in [3.63, 3.8) is 0 Å². The van der Waals surface area contributed by atoms with Gasteiger partial charge >= 0.3 is 0 Å². The van der Waals surface area contributed by atoms with Gasteiger partial charge in [0, 0.05) is 45.0 Å². The Balaban J connectivity index is 1.39. The van der Waals surface area contributed by atoms with Crippen molar-refractivity contribution < 1.29 is 4.79 Å². The van der Waals surface area contributed by atoms with E-state index in [4.69, 9.17) is 0 Å². The van der Waals surface area contributed by atoms with E-state index in [0.717, 1.165) is 5.82 Å². The molecule has 1 aromatic carbocycles. The second-order valence-corrected chi connectivity index (χ2v) is 6.62. The number of hydrogen-bond acceptors (Lipinski definition) is 6. The number of H-pyrrole nitrogens is 1. The number of aryl methyl sites for hydroxylation is 1. The molecule has 9 heteroatoms. The first-order valence-corrected chi connectivity index (χ1v) is 9.14. The number of nitrogens with one attached hydrogen (secondary N) is 1. The molecule has 2 aromatic heterocycles. The number of nitrogens with zero attached hydrogens (tertiary/aromatic N) is 5. The molecule has 3 aromatic rings. The lowest BCUT2D eigenvalue weighted by Gasteiger charge is -2.35. The SMILES string of the molecule is O=C(CCn1[nH]c(=O)c2ccccc2c1=O)N1CCN(c2cnccn2)CC1.